The van der Waals surface area contributed by atoms with Gasteiger partial charge in [-0.2, -0.15) is 0 Å². The predicted octanol–water partition coefficient (Wildman–Crippen LogP) is 0.812. The molecule has 0 saturated heterocycles. The summed E-state index contributed by atoms with van der Waals surface area (Å²) in [6.45, 7) is 0. The summed E-state index contributed by atoms with van der Waals surface area (Å²) in [5.41, 5.74) is 1.18. The molecular weight excluding hydrogens is 74.1 g/mol. The van der Waals surface area contributed by atoms with Crippen molar-refractivity contribution in [2.45, 2.75) is 12.8 Å². The van der Waals surface area contributed by atoms with Crippen LogP contribution in [0.2, 0.25) is 0 Å². The van der Waals surface area contributed by atoms with E-state index in [1.807, 2.05) is 0 Å². The summed E-state index contributed by atoms with van der Waals surface area (Å²) >= 11 is 0. The van der Waals surface area contributed by atoms with Crippen molar-refractivity contribution in [3.05, 3.63) is 0 Å². The van der Waals surface area contributed by atoms with Gasteiger partial charge in [-0.25, -0.2) is 4.99 Å². The van der Waals surface area contributed by atoms with E-state index in [0.717, 1.165) is 12.8 Å². The summed E-state index contributed by atoms with van der Waals surface area (Å²) in [6, 6.07) is 2.22. The Labute approximate surface area is 37.1 Å². The van der Waals surface area contributed by atoms with Crippen molar-refractivity contribution in [3.63, 3.8) is 0 Å². The van der Waals surface area contributed by atoms with Crippen molar-refractivity contribution in [1.29, 1.82) is 0 Å². The molecule has 0 spiro atoms. The summed E-state index contributed by atoms with van der Waals surface area (Å²) in [5.74, 6) is 0. The molecule has 0 aromatic carbocycles. The Hall–Kier alpha value is -0.770. The minimum absolute atomic E-state index is 1.13. The van der Waals surface area contributed by atoms with Crippen molar-refractivity contribution >= 4 is 5.71 Å². The molecule has 0 heterocycles. The van der Waals surface area contributed by atoms with Gasteiger partial charge in [-0.1, -0.05) is 6.42 Å². The van der Waals surface area contributed by atoms with E-state index in [1.54, 1.807) is 0 Å². The van der Waals surface area contributed by atoms with Crippen LogP contribution < -0.4 is 0 Å². The van der Waals surface area contributed by atoms with Gasteiger partial charge in [0.25, 0.3) is 0 Å². The van der Waals surface area contributed by atoms with Gasteiger partial charge in [0.1, 0.15) is 0 Å². The van der Waals surface area contributed by atoms with Gasteiger partial charge in [0, 0.05) is 11.8 Å². The zero-order valence-corrected chi connectivity index (χ0v) is 3.44. The quantitative estimate of drug-likeness (QED) is 0.381. The third kappa shape index (κ3) is 0.587. The summed E-state index contributed by atoms with van der Waals surface area (Å²) in [6.07, 6.45) is 7.09. The lowest BCUT2D eigenvalue weighted by Crippen LogP contribution is -1.54. The van der Waals surface area contributed by atoms with Crippen molar-refractivity contribution in [2.24, 2.45) is 4.99 Å². The topological polar surface area (TPSA) is 12.4 Å². The average molecular weight is 79.1 g/mol. The Kier molecular flexibility index (Phi) is 0.648. The number of rotatable bonds is 0. The normalized spacial score (nSPS) is 16.2. The van der Waals surface area contributed by atoms with Crippen LogP contribution in [0, 0.1) is 12.5 Å². The highest BCUT2D eigenvalue weighted by atomic mass is 14.7. The molecule has 0 radical (unpaired) electrons. The van der Waals surface area contributed by atoms with Crippen LogP contribution >= 0.6 is 0 Å². The van der Waals surface area contributed by atoms with E-state index in [0.29, 0.717) is 0 Å². The van der Waals surface area contributed by atoms with E-state index < -0.39 is 0 Å². The molecule has 0 aromatic rings. The van der Waals surface area contributed by atoms with Gasteiger partial charge in [-0.15, -0.1) is 0 Å². The number of hydrogen-bond acceptors (Lipinski definition) is 1. The molecule has 1 aliphatic carbocycles. The monoisotopic (exact) mass is 79.0 g/mol. The summed E-state index contributed by atoms with van der Waals surface area (Å²) in [4.78, 5) is 3.68. The fourth-order valence-corrected chi connectivity index (χ4v) is 0.259. The number of hydrogen-bond donors (Lipinski definition) is 0. The van der Waals surface area contributed by atoms with Gasteiger partial charge in [0.05, 0.1) is 0 Å². The van der Waals surface area contributed by atoms with Gasteiger partial charge < -0.3 is 0 Å². The van der Waals surface area contributed by atoms with Crippen LogP contribution in [0.4, 0.5) is 0 Å². The average Bonchev–Trinajstić information content (AvgIpc) is 2.21. The highest BCUT2D eigenvalue weighted by Gasteiger charge is 2.11. The van der Waals surface area contributed by atoms with Crippen LogP contribution in [-0.2, 0) is 0 Å². The SMILES string of the molecule is C#CN=C1CC1. The number of aliphatic imine (C=N–C) groups is 1. The van der Waals surface area contributed by atoms with Crippen LogP contribution in [0.5, 0.6) is 0 Å². The second-order valence-electron chi connectivity index (χ2n) is 1.31. The Morgan fingerprint density at radius 3 is 2.50 bits per heavy atom. The highest BCUT2D eigenvalue weighted by Crippen LogP contribution is 2.12. The van der Waals surface area contributed by atoms with Crippen LogP contribution in [0.25, 0.3) is 0 Å². The van der Waals surface area contributed by atoms with E-state index in [1.165, 1.54) is 5.71 Å². The van der Waals surface area contributed by atoms with E-state index in [2.05, 4.69) is 11.0 Å². The molecule has 0 amide bonds. The van der Waals surface area contributed by atoms with Crippen LogP contribution in [0.15, 0.2) is 4.99 Å². The molecule has 0 N–H and O–H groups in total. The van der Waals surface area contributed by atoms with Crippen LogP contribution in [0.3, 0.4) is 0 Å². The maximum absolute atomic E-state index is 4.83. The molecule has 6 heavy (non-hydrogen) atoms. The van der Waals surface area contributed by atoms with Gasteiger partial charge in [0.15, 0.2) is 0 Å². The summed E-state index contributed by atoms with van der Waals surface area (Å²) < 4.78 is 0. The largest absolute Gasteiger partial charge is 0.207 e. The molecule has 1 aliphatic rings. The molecule has 0 unspecified atom stereocenters. The first kappa shape index (κ1) is 3.42. The lowest BCUT2D eigenvalue weighted by Gasteiger charge is -1.56. The second-order valence-corrected chi connectivity index (χ2v) is 1.31. The molecule has 1 rings (SSSR count). The molecule has 0 atom stereocenters. The van der Waals surface area contributed by atoms with Gasteiger partial charge in [-0.3, -0.25) is 0 Å². The molecule has 1 heteroatoms. The Morgan fingerprint density at radius 1 is 1.67 bits per heavy atom. The summed E-state index contributed by atoms with van der Waals surface area (Å²) in [7, 11) is 0. The third-order valence-electron chi connectivity index (χ3n) is 0.696. The number of terminal acetylenes is 1. The van der Waals surface area contributed by atoms with Crippen LogP contribution in [-0.4, -0.2) is 5.71 Å². The molecule has 0 aromatic heterocycles. The van der Waals surface area contributed by atoms with Crippen molar-refractivity contribution in [1.82, 2.24) is 0 Å². The lowest BCUT2D eigenvalue weighted by molar-refractivity contribution is 1.50. The zero-order chi connectivity index (χ0) is 4.41. The van der Waals surface area contributed by atoms with E-state index in [9.17, 15) is 0 Å². The smallest absolute Gasteiger partial charge is 0.0301 e. The van der Waals surface area contributed by atoms with Gasteiger partial charge >= 0.3 is 0 Å². The first-order valence-corrected chi connectivity index (χ1v) is 1.94. The maximum Gasteiger partial charge on any atom is 0.0301 e. The molecule has 0 bridgehead atoms. The Balaban J connectivity index is 2.49. The predicted molar refractivity (Wildman–Crippen MR) is 25.5 cm³/mol. The second kappa shape index (κ2) is 1.14. The standard InChI is InChI=1S/C5H5N/c1-2-6-5-3-4-5/h1H,3-4H2. The molecule has 0 aliphatic heterocycles. The van der Waals surface area contributed by atoms with Crippen molar-refractivity contribution in [2.75, 3.05) is 0 Å². The fraction of sp³-hybridized carbons (Fsp3) is 0.400. The first-order valence-electron chi connectivity index (χ1n) is 1.94. The molecule has 30 valence electrons. The molecule has 1 fully saturated rings. The lowest BCUT2D eigenvalue weighted by atomic mass is 10.8. The maximum atomic E-state index is 4.83. The molecule has 1 nitrogen and oxygen atoms in total. The molecule has 1 saturated carbocycles. The van der Waals surface area contributed by atoms with Gasteiger partial charge in [0.2, 0.25) is 0 Å². The Morgan fingerprint density at radius 2 is 2.33 bits per heavy atom. The van der Waals surface area contributed by atoms with E-state index >= 15 is 0 Å². The Bertz CT molecular complexity index is 110. The van der Waals surface area contributed by atoms with E-state index in [4.69, 9.17) is 6.42 Å². The minimum Gasteiger partial charge on any atom is -0.207 e. The highest BCUT2D eigenvalue weighted by molar-refractivity contribution is 5.98. The van der Waals surface area contributed by atoms with Crippen LogP contribution in [0.1, 0.15) is 12.8 Å². The van der Waals surface area contributed by atoms with E-state index in [-0.39, 0.29) is 0 Å². The summed E-state index contributed by atoms with van der Waals surface area (Å²) in [5, 5.41) is 0. The van der Waals surface area contributed by atoms with Crippen molar-refractivity contribution < 1.29 is 0 Å². The molecular formula is C5H5N. The zero-order valence-electron chi connectivity index (χ0n) is 3.44. The minimum atomic E-state index is 1.13. The fourth-order valence-electron chi connectivity index (χ4n) is 0.259. The first-order chi connectivity index (χ1) is 2.93. The van der Waals surface area contributed by atoms with Crippen molar-refractivity contribution in [3.8, 4) is 12.5 Å². The number of nitrogens with zero attached hydrogens (tertiary/aromatic N) is 1. The van der Waals surface area contributed by atoms with Gasteiger partial charge in [-0.05, 0) is 12.8 Å². The third-order valence-corrected chi connectivity index (χ3v) is 0.696.